The first kappa shape index (κ1) is 16.9. The highest BCUT2D eigenvalue weighted by Gasteiger charge is 2.30. The Balaban J connectivity index is 1.68. The molecule has 0 spiro atoms. The van der Waals surface area contributed by atoms with Crippen LogP contribution in [0.1, 0.15) is 25.8 Å². The first-order valence-electron chi connectivity index (χ1n) is 7.95. The molecular formula is C16H21N5O2S. The molecule has 3 rings (SSSR count). The Morgan fingerprint density at radius 3 is 3.00 bits per heavy atom. The molecule has 1 unspecified atom stereocenters. The molecule has 1 fully saturated rings. The van der Waals surface area contributed by atoms with Gasteiger partial charge in [0.15, 0.2) is 11.0 Å². The van der Waals surface area contributed by atoms with E-state index in [-0.39, 0.29) is 11.9 Å². The number of ether oxygens (including phenoxy) is 1. The summed E-state index contributed by atoms with van der Waals surface area (Å²) >= 11 is 1.42. The topological polar surface area (TPSA) is 81.9 Å². The number of thioether (sulfide) groups is 1. The molecule has 8 heteroatoms. The molecule has 1 aliphatic rings. The second-order valence-corrected chi connectivity index (χ2v) is 6.80. The van der Waals surface area contributed by atoms with Crippen molar-refractivity contribution in [1.29, 1.82) is 0 Å². The third-order valence-corrected chi connectivity index (χ3v) is 4.60. The molecule has 0 aliphatic heterocycles. The number of hydrogen-bond acceptors (Lipinski definition) is 6. The van der Waals surface area contributed by atoms with Crippen molar-refractivity contribution in [3.05, 3.63) is 24.5 Å². The second kappa shape index (κ2) is 7.76. The molecule has 1 atom stereocenters. The zero-order valence-electron chi connectivity index (χ0n) is 13.8. The molecule has 1 amide bonds. The van der Waals surface area contributed by atoms with Gasteiger partial charge in [0.2, 0.25) is 5.91 Å². The van der Waals surface area contributed by atoms with Gasteiger partial charge in [-0.25, -0.2) is 0 Å². The molecule has 0 bridgehead atoms. The maximum Gasteiger partial charge on any atom is 0.230 e. The molecule has 0 aromatic carbocycles. The van der Waals surface area contributed by atoms with Crippen LogP contribution in [0.15, 0.2) is 29.7 Å². The van der Waals surface area contributed by atoms with Crippen LogP contribution in [-0.2, 0) is 9.53 Å². The normalized spacial score (nSPS) is 15.2. The molecule has 1 aliphatic carbocycles. The number of nitrogens with one attached hydrogen (secondary N) is 1. The van der Waals surface area contributed by atoms with E-state index in [0.717, 1.165) is 29.4 Å². The minimum atomic E-state index is -0.0298. The minimum Gasteiger partial charge on any atom is -0.383 e. The van der Waals surface area contributed by atoms with Crippen molar-refractivity contribution in [1.82, 2.24) is 25.1 Å². The van der Waals surface area contributed by atoms with Crippen LogP contribution in [-0.4, -0.2) is 51.2 Å². The van der Waals surface area contributed by atoms with Crippen LogP contribution in [0.5, 0.6) is 0 Å². The van der Waals surface area contributed by atoms with Crippen molar-refractivity contribution in [2.45, 2.75) is 37.0 Å². The summed E-state index contributed by atoms with van der Waals surface area (Å²) in [5, 5.41) is 12.3. The number of aromatic nitrogens is 4. The molecule has 0 saturated heterocycles. The Hall–Kier alpha value is -1.93. The van der Waals surface area contributed by atoms with E-state index in [0.29, 0.717) is 18.4 Å². The van der Waals surface area contributed by atoms with Crippen LogP contribution in [0.3, 0.4) is 0 Å². The molecule has 2 heterocycles. The maximum absolute atomic E-state index is 12.0. The highest BCUT2D eigenvalue weighted by atomic mass is 32.2. The Bertz CT molecular complexity index is 687. The van der Waals surface area contributed by atoms with Crippen molar-refractivity contribution in [3.8, 4) is 11.4 Å². The minimum absolute atomic E-state index is 0.00430. The summed E-state index contributed by atoms with van der Waals surface area (Å²) in [6.45, 7) is 2.42. The summed E-state index contributed by atoms with van der Waals surface area (Å²) in [7, 11) is 1.62. The third kappa shape index (κ3) is 4.12. The van der Waals surface area contributed by atoms with Gasteiger partial charge in [-0.15, -0.1) is 10.2 Å². The summed E-state index contributed by atoms with van der Waals surface area (Å²) in [6, 6.07) is 4.28. The van der Waals surface area contributed by atoms with Crippen LogP contribution < -0.4 is 5.32 Å². The number of methoxy groups -OCH3 is 1. The number of carbonyl (C=O) groups is 1. The van der Waals surface area contributed by atoms with Gasteiger partial charge in [-0.2, -0.15) is 0 Å². The van der Waals surface area contributed by atoms with Crippen molar-refractivity contribution in [2.75, 3.05) is 19.5 Å². The van der Waals surface area contributed by atoms with Crippen molar-refractivity contribution in [2.24, 2.45) is 0 Å². The van der Waals surface area contributed by atoms with E-state index < -0.39 is 0 Å². The van der Waals surface area contributed by atoms with Gasteiger partial charge in [-0.3, -0.25) is 14.3 Å². The van der Waals surface area contributed by atoms with Gasteiger partial charge < -0.3 is 10.1 Å². The molecule has 1 saturated carbocycles. The predicted octanol–water partition coefficient (Wildman–Crippen LogP) is 1.92. The maximum atomic E-state index is 12.0. The van der Waals surface area contributed by atoms with E-state index in [1.165, 1.54) is 11.8 Å². The Kier molecular flexibility index (Phi) is 5.47. The summed E-state index contributed by atoms with van der Waals surface area (Å²) < 4.78 is 7.16. The lowest BCUT2D eigenvalue weighted by Gasteiger charge is -2.12. The largest absolute Gasteiger partial charge is 0.383 e. The lowest BCUT2D eigenvalue weighted by atomic mass is 10.3. The summed E-state index contributed by atoms with van der Waals surface area (Å²) in [4.78, 5) is 16.2. The monoisotopic (exact) mass is 347 g/mol. The summed E-state index contributed by atoms with van der Waals surface area (Å²) in [6.07, 6.45) is 5.77. The standard InChI is InChI=1S/C16H21N5O2S/c1-11(9-23-2)18-14(22)10-24-16-20-19-15(21(16)13-5-6-13)12-4-3-7-17-8-12/h3-4,7-8,11,13H,5-6,9-10H2,1-2H3,(H,18,22). The van der Waals surface area contributed by atoms with Gasteiger partial charge in [-0.1, -0.05) is 11.8 Å². The predicted molar refractivity (Wildman–Crippen MR) is 91.7 cm³/mol. The zero-order chi connectivity index (χ0) is 16.9. The number of amides is 1. The number of hydrogen-bond donors (Lipinski definition) is 1. The molecule has 24 heavy (non-hydrogen) atoms. The van der Waals surface area contributed by atoms with Crippen LogP contribution in [0.2, 0.25) is 0 Å². The van der Waals surface area contributed by atoms with E-state index >= 15 is 0 Å². The Labute approximate surface area is 145 Å². The first-order chi connectivity index (χ1) is 11.7. The summed E-state index contributed by atoms with van der Waals surface area (Å²) in [5.41, 5.74) is 0.946. The number of pyridine rings is 1. The molecule has 0 radical (unpaired) electrons. The van der Waals surface area contributed by atoms with Crippen LogP contribution in [0, 0.1) is 0 Å². The third-order valence-electron chi connectivity index (χ3n) is 3.65. The van der Waals surface area contributed by atoms with E-state index in [9.17, 15) is 4.79 Å². The molecule has 2 aromatic rings. The zero-order valence-corrected chi connectivity index (χ0v) is 14.6. The SMILES string of the molecule is COCC(C)NC(=O)CSc1nnc(-c2cccnc2)n1C1CC1. The molecule has 7 nitrogen and oxygen atoms in total. The average molecular weight is 347 g/mol. The summed E-state index contributed by atoms with van der Waals surface area (Å²) in [5.74, 6) is 1.10. The van der Waals surface area contributed by atoms with Crippen molar-refractivity contribution in [3.63, 3.8) is 0 Å². The van der Waals surface area contributed by atoms with E-state index in [4.69, 9.17) is 4.74 Å². The van der Waals surface area contributed by atoms with Gasteiger partial charge >= 0.3 is 0 Å². The van der Waals surface area contributed by atoms with Crippen LogP contribution >= 0.6 is 11.8 Å². The lowest BCUT2D eigenvalue weighted by Crippen LogP contribution is -2.36. The highest BCUT2D eigenvalue weighted by molar-refractivity contribution is 7.99. The van der Waals surface area contributed by atoms with E-state index in [1.54, 1.807) is 19.5 Å². The average Bonchev–Trinajstić information content (AvgIpc) is 3.33. The smallest absolute Gasteiger partial charge is 0.230 e. The van der Waals surface area contributed by atoms with Gasteiger partial charge in [0.1, 0.15) is 0 Å². The van der Waals surface area contributed by atoms with Crippen molar-refractivity contribution < 1.29 is 9.53 Å². The molecular weight excluding hydrogens is 326 g/mol. The number of carbonyl (C=O) groups excluding carboxylic acids is 1. The quantitative estimate of drug-likeness (QED) is 0.735. The van der Waals surface area contributed by atoms with Gasteiger partial charge in [0.25, 0.3) is 0 Å². The fourth-order valence-electron chi connectivity index (χ4n) is 2.47. The Morgan fingerprint density at radius 2 is 2.33 bits per heavy atom. The highest BCUT2D eigenvalue weighted by Crippen LogP contribution is 2.40. The van der Waals surface area contributed by atoms with Gasteiger partial charge in [0.05, 0.1) is 12.4 Å². The van der Waals surface area contributed by atoms with Crippen molar-refractivity contribution >= 4 is 17.7 Å². The number of rotatable bonds is 8. The fourth-order valence-corrected chi connectivity index (χ4v) is 3.28. The number of nitrogens with zero attached hydrogens (tertiary/aromatic N) is 4. The Morgan fingerprint density at radius 1 is 1.50 bits per heavy atom. The van der Waals surface area contributed by atoms with Crippen LogP contribution in [0.4, 0.5) is 0 Å². The van der Waals surface area contributed by atoms with E-state index in [1.807, 2.05) is 19.1 Å². The van der Waals surface area contributed by atoms with E-state index in [2.05, 4.69) is 25.1 Å². The van der Waals surface area contributed by atoms with Gasteiger partial charge in [-0.05, 0) is 31.9 Å². The van der Waals surface area contributed by atoms with Crippen LogP contribution in [0.25, 0.3) is 11.4 Å². The lowest BCUT2D eigenvalue weighted by molar-refractivity contribution is -0.119. The molecule has 1 N–H and O–H groups in total. The molecule has 128 valence electrons. The van der Waals surface area contributed by atoms with Gasteiger partial charge in [0, 0.05) is 37.2 Å². The fraction of sp³-hybridized carbons (Fsp3) is 0.500. The first-order valence-corrected chi connectivity index (χ1v) is 8.94. The molecule has 2 aromatic heterocycles. The second-order valence-electron chi connectivity index (χ2n) is 5.86.